The minimum Gasteiger partial charge on any atom is -0.494 e. The second-order valence-corrected chi connectivity index (χ2v) is 17.0. The molecule has 14 nitrogen and oxygen atoms in total. The highest BCUT2D eigenvalue weighted by atomic mass is 32.2. The Balaban J connectivity index is 0.872. The number of amides is 4. The van der Waals surface area contributed by atoms with Crippen LogP contribution in [-0.2, 0) is 28.0 Å². The number of carbonyl (C=O) groups excluding carboxylic acids is 4. The Labute approximate surface area is 367 Å². The van der Waals surface area contributed by atoms with Gasteiger partial charge in [0.05, 0.1) is 29.9 Å². The van der Waals surface area contributed by atoms with Crippen molar-refractivity contribution >= 4 is 69.3 Å². The lowest BCUT2D eigenvalue weighted by molar-refractivity contribution is -0.137. The molecule has 1 fully saturated rings. The number of rotatable bonds is 20. The lowest BCUT2D eigenvalue weighted by Crippen LogP contribution is -2.52. The fourth-order valence-corrected chi connectivity index (χ4v) is 9.20. The number of imide groups is 1. The lowest BCUT2D eigenvalue weighted by Gasteiger charge is -2.29. The second-order valence-electron chi connectivity index (χ2n) is 15.8. The zero-order valence-electron chi connectivity index (χ0n) is 35.9. The normalized spacial score (nSPS) is 14.9. The van der Waals surface area contributed by atoms with E-state index in [1.165, 1.54) is 6.08 Å². The summed E-state index contributed by atoms with van der Waals surface area (Å²) in [5.74, 6) is 0.808. The van der Waals surface area contributed by atoms with E-state index in [0.29, 0.717) is 41.6 Å². The van der Waals surface area contributed by atoms with E-state index in [9.17, 15) is 19.2 Å². The van der Waals surface area contributed by atoms with Gasteiger partial charge in [0, 0.05) is 85.5 Å². The quantitative estimate of drug-likeness (QED) is 0.0311. The van der Waals surface area contributed by atoms with E-state index >= 15 is 0 Å². The van der Waals surface area contributed by atoms with Crippen LogP contribution in [0.25, 0.3) is 22.2 Å². The average molecular weight is 858 g/mol. The van der Waals surface area contributed by atoms with Crippen LogP contribution in [0.2, 0.25) is 0 Å². The number of nitrogens with zero attached hydrogens (tertiary/aromatic N) is 6. The number of anilines is 4. The van der Waals surface area contributed by atoms with E-state index < -0.39 is 6.04 Å². The van der Waals surface area contributed by atoms with Gasteiger partial charge in [0.1, 0.15) is 11.8 Å². The molecule has 1 atom stereocenters. The number of benzene rings is 3. The van der Waals surface area contributed by atoms with Crippen LogP contribution in [0.4, 0.5) is 23.0 Å². The number of likely N-dealkylation sites (N-methyl/N-ethyl adjacent to an activating group) is 2. The molecule has 1 saturated heterocycles. The molecular formula is C47H55N9O5S. The first-order valence-electron chi connectivity index (χ1n) is 21.1. The van der Waals surface area contributed by atoms with Crippen molar-refractivity contribution in [1.82, 2.24) is 29.7 Å². The molecular weight excluding hydrogens is 803 g/mol. The molecule has 0 saturated carbocycles. The lowest BCUT2D eigenvalue weighted by atomic mass is 10.0. The third kappa shape index (κ3) is 10.1. The maximum Gasteiger partial charge on any atom is 0.255 e. The Morgan fingerprint density at radius 1 is 0.984 bits per heavy atom. The van der Waals surface area contributed by atoms with Crippen LogP contribution in [0.5, 0.6) is 5.75 Å². The van der Waals surface area contributed by atoms with Crippen molar-refractivity contribution in [2.75, 3.05) is 62.1 Å². The number of ether oxygens (including phenoxy) is 1. The van der Waals surface area contributed by atoms with Gasteiger partial charge in [0.2, 0.25) is 23.7 Å². The second kappa shape index (κ2) is 20.1. The number of hydrogen-bond donors (Lipinski definition) is 3. The van der Waals surface area contributed by atoms with Crippen LogP contribution in [-0.4, -0.2) is 101 Å². The highest BCUT2D eigenvalue weighted by Crippen LogP contribution is 2.39. The predicted octanol–water partition coefficient (Wildman–Crippen LogP) is 7.38. The van der Waals surface area contributed by atoms with Gasteiger partial charge in [-0.05, 0) is 80.6 Å². The molecule has 2 aliphatic rings. The van der Waals surface area contributed by atoms with E-state index in [2.05, 4.69) is 73.3 Å². The number of fused-ring (bicyclic) bond motifs is 2. The molecule has 4 amide bonds. The van der Waals surface area contributed by atoms with Gasteiger partial charge in [0.25, 0.3) is 5.91 Å². The summed E-state index contributed by atoms with van der Waals surface area (Å²) in [6.07, 6.45) is 11.2. The van der Waals surface area contributed by atoms with Crippen LogP contribution in [0.3, 0.4) is 0 Å². The topological polar surface area (TPSA) is 154 Å². The van der Waals surface area contributed by atoms with E-state index in [1.807, 2.05) is 56.6 Å². The average Bonchev–Trinajstić information content (AvgIpc) is 3.79. The summed E-state index contributed by atoms with van der Waals surface area (Å²) in [4.78, 5) is 66.4. The number of methoxy groups -OCH3 is 1. The third-order valence-electron chi connectivity index (χ3n) is 11.5. The fourth-order valence-electron chi connectivity index (χ4n) is 8.11. The van der Waals surface area contributed by atoms with Gasteiger partial charge in [-0.1, -0.05) is 50.1 Å². The predicted molar refractivity (Wildman–Crippen MR) is 246 cm³/mol. The summed E-state index contributed by atoms with van der Waals surface area (Å²) in [6, 6.07) is 19.1. The molecule has 324 valence electrons. The van der Waals surface area contributed by atoms with Crippen molar-refractivity contribution < 1.29 is 23.9 Å². The Morgan fingerprint density at radius 3 is 2.60 bits per heavy atom. The van der Waals surface area contributed by atoms with E-state index in [1.54, 1.807) is 30.0 Å². The smallest absolute Gasteiger partial charge is 0.255 e. The maximum atomic E-state index is 13.2. The first-order chi connectivity index (χ1) is 30.0. The number of piperidine rings is 1. The molecule has 4 heterocycles. The standard InChI is InChI=1S/C47H55N9O5S/c1-6-43(57)49-36-27-37(51-47-48-22-21-35(50-47)33-29-55(4)38-17-11-10-15-31(33)38)41(61-5)28-40(36)54(3)25-24-53(2)23-12-8-7-9-13-26-62-42-18-14-16-32-34(42)30-56(46(32)60)39-19-20-44(58)52-45(39)59/h6,10-11,14-18,21-22,27-29,39H,1,7-9,12-13,19-20,23-26,30H2,2-5H3,(H,49,57)(H,48,50,51)(H,52,58,59). The number of para-hydroxylation sites is 1. The monoisotopic (exact) mass is 857 g/mol. The minimum atomic E-state index is -0.603. The van der Waals surface area contributed by atoms with Gasteiger partial charge in [-0.15, -0.1) is 11.8 Å². The molecule has 5 aromatic rings. The van der Waals surface area contributed by atoms with Crippen LogP contribution in [0.15, 0.2) is 90.6 Å². The number of hydrogen-bond acceptors (Lipinski definition) is 11. The summed E-state index contributed by atoms with van der Waals surface area (Å²) < 4.78 is 7.93. The van der Waals surface area contributed by atoms with Crippen LogP contribution in [0, 0.1) is 0 Å². The molecule has 62 heavy (non-hydrogen) atoms. The summed E-state index contributed by atoms with van der Waals surface area (Å²) in [5, 5.41) is 9.78. The number of unbranched alkanes of at least 4 members (excludes halogenated alkanes) is 4. The summed E-state index contributed by atoms with van der Waals surface area (Å²) in [7, 11) is 7.77. The molecule has 3 aromatic carbocycles. The Kier molecular flexibility index (Phi) is 14.2. The van der Waals surface area contributed by atoms with Gasteiger partial charge in [-0.2, -0.15) is 0 Å². The van der Waals surface area contributed by atoms with Crippen molar-refractivity contribution in [2.24, 2.45) is 7.05 Å². The highest BCUT2D eigenvalue weighted by molar-refractivity contribution is 7.99. The van der Waals surface area contributed by atoms with Gasteiger partial charge < -0.3 is 34.6 Å². The molecule has 0 spiro atoms. The van der Waals surface area contributed by atoms with Gasteiger partial charge >= 0.3 is 0 Å². The molecule has 7 rings (SSSR count). The molecule has 1 unspecified atom stereocenters. The molecule has 2 aliphatic heterocycles. The molecule has 2 aromatic heterocycles. The van der Waals surface area contributed by atoms with Gasteiger partial charge in [-0.3, -0.25) is 24.5 Å². The fraction of sp³-hybridized carbons (Fsp3) is 0.362. The first-order valence-corrected chi connectivity index (χ1v) is 22.1. The zero-order chi connectivity index (χ0) is 43.8. The number of aromatic nitrogens is 3. The third-order valence-corrected chi connectivity index (χ3v) is 12.7. The molecule has 3 N–H and O–H groups in total. The minimum absolute atomic E-state index is 0.135. The van der Waals surface area contributed by atoms with Crippen molar-refractivity contribution in [3.05, 3.63) is 96.8 Å². The van der Waals surface area contributed by atoms with Crippen molar-refractivity contribution in [2.45, 2.75) is 62.4 Å². The van der Waals surface area contributed by atoms with Crippen LogP contribution in [0.1, 0.15) is 60.9 Å². The van der Waals surface area contributed by atoms with Crippen molar-refractivity contribution in [3.8, 4) is 17.0 Å². The zero-order valence-corrected chi connectivity index (χ0v) is 36.7. The molecule has 0 radical (unpaired) electrons. The number of carbonyl (C=O) groups is 4. The Bertz CT molecular complexity index is 2470. The Morgan fingerprint density at radius 2 is 1.79 bits per heavy atom. The van der Waals surface area contributed by atoms with Crippen molar-refractivity contribution in [3.63, 3.8) is 0 Å². The largest absolute Gasteiger partial charge is 0.494 e. The molecule has 15 heteroatoms. The Hall–Kier alpha value is -6.19. The van der Waals surface area contributed by atoms with Crippen LogP contribution < -0.4 is 25.6 Å². The maximum absolute atomic E-state index is 13.2. The van der Waals surface area contributed by atoms with E-state index in [4.69, 9.17) is 9.72 Å². The number of nitrogens with one attached hydrogen (secondary N) is 3. The van der Waals surface area contributed by atoms with Crippen LogP contribution >= 0.6 is 11.8 Å². The van der Waals surface area contributed by atoms with Crippen molar-refractivity contribution in [1.29, 1.82) is 0 Å². The van der Waals surface area contributed by atoms with E-state index in [-0.39, 0.29) is 30.0 Å². The van der Waals surface area contributed by atoms with Gasteiger partial charge in [0.15, 0.2) is 0 Å². The van der Waals surface area contributed by atoms with Gasteiger partial charge in [-0.25, -0.2) is 9.97 Å². The first kappa shape index (κ1) is 43.9. The number of aryl methyl sites for hydroxylation is 1. The summed E-state index contributed by atoms with van der Waals surface area (Å²) in [6.45, 7) is 6.57. The number of thioether (sulfide) groups is 1. The SMILES string of the molecule is C=CC(=O)Nc1cc(Nc2nccc(-c3cn(C)c4ccccc34)n2)c(OC)cc1N(C)CCN(C)CCCCCCCSc1cccc2c1CN(C1CCC(=O)NC1=O)C2=O. The molecule has 0 aliphatic carbocycles. The molecule has 0 bridgehead atoms. The highest BCUT2D eigenvalue weighted by Gasteiger charge is 2.39. The summed E-state index contributed by atoms with van der Waals surface area (Å²) >= 11 is 1.77. The van der Waals surface area contributed by atoms with E-state index in [0.717, 1.165) is 95.8 Å². The summed E-state index contributed by atoms with van der Waals surface area (Å²) in [5.41, 5.74) is 6.55.